The molecule has 2 saturated heterocycles. The van der Waals surface area contributed by atoms with E-state index in [4.69, 9.17) is 9.47 Å². The summed E-state index contributed by atoms with van der Waals surface area (Å²) in [6.07, 6.45) is 5.11. The standard InChI is InChI=1S/2C4H8O.Zr/c2*1-2-4-5-3-1;/h2*1-4H2;/q;;+4. The molecule has 0 radical (unpaired) electrons. The molecule has 0 saturated carbocycles. The van der Waals surface area contributed by atoms with Crippen molar-refractivity contribution in [2.24, 2.45) is 0 Å². The maximum Gasteiger partial charge on any atom is 4.00 e. The van der Waals surface area contributed by atoms with Crippen LogP contribution >= 0.6 is 0 Å². The summed E-state index contributed by atoms with van der Waals surface area (Å²) >= 11 is 0. The normalized spacial score (nSPS) is 21.8. The molecule has 11 heavy (non-hydrogen) atoms. The summed E-state index contributed by atoms with van der Waals surface area (Å²) in [7, 11) is 0. The summed E-state index contributed by atoms with van der Waals surface area (Å²) in [6.45, 7) is 4.00. The van der Waals surface area contributed by atoms with Gasteiger partial charge in [-0.1, -0.05) is 0 Å². The van der Waals surface area contributed by atoms with Gasteiger partial charge in [0.1, 0.15) is 0 Å². The first-order chi connectivity index (χ1) is 5.00. The van der Waals surface area contributed by atoms with E-state index >= 15 is 0 Å². The van der Waals surface area contributed by atoms with Crippen molar-refractivity contribution in [3.05, 3.63) is 0 Å². The third-order valence-corrected chi connectivity index (χ3v) is 1.65. The molecule has 2 rings (SSSR count). The molecule has 3 heteroatoms. The minimum atomic E-state index is 0. The van der Waals surface area contributed by atoms with Gasteiger partial charge < -0.3 is 9.47 Å². The molecule has 0 unspecified atom stereocenters. The number of ether oxygens (including phenoxy) is 2. The Kier molecular flexibility index (Phi) is 9.55. The molecule has 0 bridgehead atoms. The second-order valence-electron chi connectivity index (χ2n) is 2.64. The van der Waals surface area contributed by atoms with Crippen LogP contribution in [0.15, 0.2) is 0 Å². The summed E-state index contributed by atoms with van der Waals surface area (Å²) in [5.74, 6) is 0. The molecule has 2 nitrogen and oxygen atoms in total. The van der Waals surface area contributed by atoms with Crippen molar-refractivity contribution in [3.8, 4) is 0 Å². The molecule has 0 aromatic heterocycles. The van der Waals surface area contributed by atoms with E-state index in [1.807, 2.05) is 0 Å². The van der Waals surface area contributed by atoms with Crippen LogP contribution in [0.5, 0.6) is 0 Å². The van der Waals surface area contributed by atoms with E-state index in [1.165, 1.54) is 25.7 Å². The SMILES string of the molecule is C1CCOC1.C1CCOC1.[Zr+4]. The number of hydrogen-bond donors (Lipinski definition) is 0. The molecular formula is C8H16O2Zr+4. The summed E-state index contributed by atoms with van der Waals surface area (Å²) in [5.41, 5.74) is 0. The average molecular weight is 235 g/mol. The van der Waals surface area contributed by atoms with Crippen LogP contribution < -0.4 is 0 Å². The van der Waals surface area contributed by atoms with Gasteiger partial charge in [0.05, 0.1) is 0 Å². The van der Waals surface area contributed by atoms with Crippen LogP contribution in [-0.4, -0.2) is 26.4 Å². The Hall–Kier alpha value is 0.803. The number of hydrogen-bond acceptors (Lipinski definition) is 2. The van der Waals surface area contributed by atoms with Gasteiger partial charge in [-0.05, 0) is 25.7 Å². The predicted molar refractivity (Wildman–Crippen MR) is 40.1 cm³/mol. The predicted octanol–water partition coefficient (Wildman–Crippen LogP) is 1.59. The Labute approximate surface area is 87.8 Å². The molecule has 0 aliphatic carbocycles. The van der Waals surface area contributed by atoms with Crippen molar-refractivity contribution >= 4 is 0 Å². The third-order valence-electron chi connectivity index (χ3n) is 1.65. The Morgan fingerprint density at radius 1 is 0.545 bits per heavy atom. The minimum Gasteiger partial charge on any atom is -0.381 e. The summed E-state index contributed by atoms with van der Waals surface area (Å²) in [5, 5.41) is 0. The van der Waals surface area contributed by atoms with Crippen LogP contribution in [-0.2, 0) is 35.7 Å². The van der Waals surface area contributed by atoms with Crippen LogP contribution in [0.3, 0.4) is 0 Å². The van der Waals surface area contributed by atoms with E-state index in [9.17, 15) is 0 Å². The molecule has 2 fully saturated rings. The Bertz CT molecular complexity index is 45.3. The zero-order valence-electron chi connectivity index (χ0n) is 6.97. The zero-order chi connectivity index (χ0) is 7.07. The van der Waals surface area contributed by atoms with Crippen molar-refractivity contribution in [2.75, 3.05) is 26.4 Å². The van der Waals surface area contributed by atoms with Gasteiger partial charge >= 0.3 is 26.2 Å². The van der Waals surface area contributed by atoms with Crippen LogP contribution in [0.2, 0.25) is 0 Å². The van der Waals surface area contributed by atoms with Crippen LogP contribution in [0.1, 0.15) is 25.7 Å². The molecule has 2 aliphatic heterocycles. The third kappa shape index (κ3) is 7.17. The molecule has 0 N–H and O–H groups in total. The van der Waals surface area contributed by atoms with Gasteiger partial charge in [-0.25, -0.2) is 0 Å². The first-order valence-electron chi connectivity index (χ1n) is 4.15. The molecular weight excluding hydrogens is 219 g/mol. The van der Waals surface area contributed by atoms with Crippen LogP contribution in [0.4, 0.5) is 0 Å². The van der Waals surface area contributed by atoms with Gasteiger partial charge in [0.25, 0.3) is 0 Å². The molecule has 2 aliphatic rings. The summed E-state index contributed by atoms with van der Waals surface area (Å²) in [4.78, 5) is 0. The zero-order valence-corrected chi connectivity index (χ0v) is 9.43. The van der Waals surface area contributed by atoms with Crippen LogP contribution in [0, 0.1) is 0 Å². The van der Waals surface area contributed by atoms with E-state index < -0.39 is 0 Å². The average Bonchev–Trinajstić information content (AvgIpc) is 2.67. The van der Waals surface area contributed by atoms with E-state index in [2.05, 4.69) is 0 Å². The van der Waals surface area contributed by atoms with Crippen molar-refractivity contribution in [1.29, 1.82) is 0 Å². The fourth-order valence-electron chi connectivity index (χ4n) is 1.02. The molecule has 0 aromatic rings. The Morgan fingerprint density at radius 3 is 0.909 bits per heavy atom. The largest absolute Gasteiger partial charge is 4.00 e. The van der Waals surface area contributed by atoms with Gasteiger partial charge in [0.2, 0.25) is 0 Å². The first kappa shape index (κ1) is 11.8. The summed E-state index contributed by atoms with van der Waals surface area (Å²) < 4.78 is 9.89. The van der Waals surface area contributed by atoms with Gasteiger partial charge in [0, 0.05) is 26.4 Å². The molecule has 0 aromatic carbocycles. The van der Waals surface area contributed by atoms with Crippen LogP contribution in [0.25, 0.3) is 0 Å². The molecule has 2 heterocycles. The molecule has 0 amide bonds. The van der Waals surface area contributed by atoms with Crippen molar-refractivity contribution < 1.29 is 35.7 Å². The topological polar surface area (TPSA) is 18.5 Å². The molecule has 60 valence electrons. The van der Waals surface area contributed by atoms with Crippen molar-refractivity contribution in [1.82, 2.24) is 0 Å². The monoisotopic (exact) mass is 234 g/mol. The maximum atomic E-state index is 4.94. The maximum absolute atomic E-state index is 4.94. The van der Waals surface area contributed by atoms with Gasteiger partial charge in [0.15, 0.2) is 0 Å². The summed E-state index contributed by atoms with van der Waals surface area (Å²) in [6, 6.07) is 0. The second kappa shape index (κ2) is 8.90. The minimum absolute atomic E-state index is 0. The van der Waals surface area contributed by atoms with Gasteiger partial charge in [-0.2, -0.15) is 0 Å². The fourth-order valence-corrected chi connectivity index (χ4v) is 1.02. The van der Waals surface area contributed by atoms with Gasteiger partial charge in [-0.3, -0.25) is 0 Å². The Balaban J connectivity index is 0.000000167. The van der Waals surface area contributed by atoms with E-state index in [0.717, 1.165) is 26.4 Å². The van der Waals surface area contributed by atoms with E-state index in [-0.39, 0.29) is 26.2 Å². The van der Waals surface area contributed by atoms with E-state index in [0.29, 0.717) is 0 Å². The van der Waals surface area contributed by atoms with E-state index in [1.54, 1.807) is 0 Å². The quantitative estimate of drug-likeness (QED) is 0.635. The molecule has 0 spiro atoms. The Morgan fingerprint density at radius 2 is 0.818 bits per heavy atom. The van der Waals surface area contributed by atoms with Gasteiger partial charge in [-0.15, -0.1) is 0 Å². The van der Waals surface area contributed by atoms with Crippen molar-refractivity contribution in [3.63, 3.8) is 0 Å². The fraction of sp³-hybridized carbons (Fsp3) is 1.00. The second-order valence-corrected chi connectivity index (χ2v) is 2.64. The smallest absolute Gasteiger partial charge is 0.381 e. The first-order valence-corrected chi connectivity index (χ1v) is 4.15. The van der Waals surface area contributed by atoms with Crippen molar-refractivity contribution in [2.45, 2.75) is 25.7 Å². The molecule has 0 atom stereocenters. The number of rotatable bonds is 0.